The van der Waals surface area contributed by atoms with Crippen molar-refractivity contribution in [2.75, 3.05) is 23.7 Å². The molecular weight excluding hydrogens is 348 g/mol. The fourth-order valence-corrected chi connectivity index (χ4v) is 4.45. The van der Waals surface area contributed by atoms with E-state index in [-0.39, 0.29) is 5.91 Å². The summed E-state index contributed by atoms with van der Waals surface area (Å²) in [6, 6.07) is 5.64. The molecular formula is C20H32N2O3S. The van der Waals surface area contributed by atoms with Crippen molar-refractivity contribution < 1.29 is 13.2 Å². The lowest BCUT2D eigenvalue weighted by atomic mass is 9.89. The number of hydrogen-bond donors (Lipinski definition) is 1. The highest BCUT2D eigenvalue weighted by atomic mass is 32.2. The van der Waals surface area contributed by atoms with Crippen molar-refractivity contribution in [2.24, 2.45) is 5.92 Å². The Morgan fingerprint density at radius 1 is 1.15 bits per heavy atom. The molecule has 1 N–H and O–H groups in total. The predicted molar refractivity (Wildman–Crippen MR) is 107 cm³/mol. The average molecular weight is 381 g/mol. The maximum atomic E-state index is 12.2. The van der Waals surface area contributed by atoms with Crippen LogP contribution in [0.3, 0.4) is 0 Å². The minimum atomic E-state index is -3.37. The van der Waals surface area contributed by atoms with Crippen molar-refractivity contribution in [3.8, 4) is 0 Å². The van der Waals surface area contributed by atoms with Gasteiger partial charge in [-0.15, -0.1) is 0 Å². The Kier molecular flexibility index (Phi) is 7.50. The normalized spacial score (nSPS) is 15.7. The third kappa shape index (κ3) is 6.31. The van der Waals surface area contributed by atoms with Crippen LogP contribution in [0, 0.1) is 19.8 Å². The summed E-state index contributed by atoms with van der Waals surface area (Å²) in [7, 11) is -3.37. The van der Waals surface area contributed by atoms with Gasteiger partial charge < -0.3 is 5.32 Å². The predicted octanol–water partition coefficient (Wildman–Crippen LogP) is 3.55. The minimum Gasteiger partial charge on any atom is -0.356 e. The molecule has 0 atom stereocenters. The number of aryl methyl sites for hydroxylation is 2. The highest BCUT2D eigenvalue weighted by molar-refractivity contribution is 7.92. The minimum absolute atomic E-state index is 0.0177. The molecule has 0 aromatic heterocycles. The van der Waals surface area contributed by atoms with Gasteiger partial charge in [0.25, 0.3) is 0 Å². The van der Waals surface area contributed by atoms with Crippen LogP contribution in [0.5, 0.6) is 0 Å². The van der Waals surface area contributed by atoms with Crippen LogP contribution >= 0.6 is 0 Å². The summed E-state index contributed by atoms with van der Waals surface area (Å²) in [6.07, 6.45) is 8.32. The fourth-order valence-electron chi connectivity index (χ4n) is 3.49. The lowest BCUT2D eigenvalue weighted by Crippen LogP contribution is -2.33. The van der Waals surface area contributed by atoms with Gasteiger partial charge in [-0.2, -0.15) is 0 Å². The summed E-state index contributed by atoms with van der Waals surface area (Å²) in [5.74, 6) is 0.625. The first kappa shape index (κ1) is 20.7. The summed E-state index contributed by atoms with van der Waals surface area (Å²) in [5.41, 5.74) is 2.85. The first-order valence-corrected chi connectivity index (χ1v) is 11.4. The Balaban J connectivity index is 1.85. The van der Waals surface area contributed by atoms with Crippen LogP contribution in [0.2, 0.25) is 0 Å². The lowest BCUT2D eigenvalue weighted by Gasteiger charge is -2.23. The van der Waals surface area contributed by atoms with E-state index in [4.69, 9.17) is 0 Å². The van der Waals surface area contributed by atoms with E-state index >= 15 is 0 Å². The van der Waals surface area contributed by atoms with Gasteiger partial charge >= 0.3 is 0 Å². The molecule has 1 fully saturated rings. The molecule has 0 radical (unpaired) electrons. The van der Waals surface area contributed by atoms with Crippen molar-refractivity contribution in [1.82, 2.24) is 5.32 Å². The maximum Gasteiger partial charge on any atom is 0.232 e. The van der Waals surface area contributed by atoms with Crippen molar-refractivity contribution >= 4 is 21.6 Å². The van der Waals surface area contributed by atoms with E-state index in [2.05, 4.69) is 5.32 Å². The Morgan fingerprint density at radius 2 is 1.85 bits per heavy atom. The monoisotopic (exact) mass is 380 g/mol. The van der Waals surface area contributed by atoms with E-state index in [0.29, 0.717) is 31.0 Å². The van der Waals surface area contributed by atoms with Gasteiger partial charge in [0.2, 0.25) is 15.9 Å². The topological polar surface area (TPSA) is 66.5 Å². The van der Waals surface area contributed by atoms with Gasteiger partial charge in [0.05, 0.1) is 11.9 Å². The molecule has 0 unspecified atom stereocenters. The number of nitrogens with zero attached hydrogens (tertiary/aromatic N) is 1. The Hall–Kier alpha value is -1.56. The van der Waals surface area contributed by atoms with E-state index < -0.39 is 10.0 Å². The summed E-state index contributed by atoms with van der Waals surface area (Å²) in [6.45, 7) is 5.04. The Morgan fingerprint density at radius 3 is 2.46 bits per heavy atom. The number of sulfonamides is 1. The summed E-state index contributed by atoms with van der Waals surface area (Å²) in [5, 5.41) is 3.01. The second-order valence-corrected chi connectivity index (χ2v) is 9.42. The molecule has 1 aliphatic rings. The van der Waals surface area contributed by atoms with Gasteiger partial charge in [-0.25, -0.2) is 8.42 Å². The second-order valence-electron chi connectivity index (χ2n) is 7.52. The molecule has 1 aliphatic carbocycles. The average Bonchev–Trinajstić information content (AvgIpc) is 2.59. The second kappa shape index (κ2) is 9.40. The standard InChI is InChI=1S/C20H32N2O3S/c1-16-11-12-19(14-17(16)2)22(26(3,24)25)13-7-10-20(23)21-15-18-8-5-4-6-9-18/h11-12,14,18H,4-10,13,15H2,1-3H3,(H,21,23). The van der Waals surface area contributed by atoms with E-state index in [1.54, 1.807) is 0 Å². The van der Waals surface area contributed by atoms with Crippen molar-refractivity contribution in [1.29, 1.82) is 0 Å². The van der Waals surface area contributed by atoms with Crippen LogP contribution in [0.1, 0.15) is 56.1 Å². The number of nitrogens with one attached hydrogen (secondary N) is 1. The van der Waals surface area contributed by atoms with Crippen LogP contribution in [-0.4, -0.2) is 33.7 Å². The number of anilines is 1. The van der Waals surface area contributed by atoms with Gasteiger partial charge in [-0.3, -0.25) is 9.10 Å². The van der Waals surface area contributed by atoms with Crippen LogP contribution in [0.4, 0.5) is 5.69 Å². The molecule has 1 aromatic carbocycles. The molecule has 2 rings (SSSR count). The zero-order chi connectivity index (χ0) is 19.2. The van der Waals surface area contributed by atoms with Gasteiger partial charge in [-0.1, -0.05) is 25.3 Å². The molecule has 0 aliphatic heterocycles. The number of rotatable bonds is 8. The van der Waals surface area contributed by atoms with E-state index in [9.17, 15) is 13.2 Å². The molecule has 146 valence electrons. The SMILES string of the molecule is Cc1ccc(N(CCCC(=O)NCC2CCCCC2)S(C)(=O)=O)cc1C. The van der Waals surface area contributed by atoms with Gasteiger partial charge in [0.15, 0.2) is 0 Å². The number of carbonyl (C=O) groups is 1. The van der Waals surface area contributed by atoms with Gasteiger partial charge in [-0.05, 0) is 62.3 Å². The summed E-state index contributed by atoms with van der Waals surface area (Å²) >= 11 is 0. The number of hydrogen-bond acceptors (Lipinski definition) is 3. The molecule has 0 saturated heterocycles. The molecule has 6 heteroatoms. The largest absolute Gasteiger partial charge is 0.356 e. The van der Waals surface area contributed by atoms with Gasteiger partial charge in [0, 0.05) is 19.5 Å². The van der Waals surface area contributed by atoms with Crippen molar-refractivity contribution in [3.05, 3.63) is 29.3 Å². The number of benzene rings is 1. The van der Waals surface area contributed by atoms with Crippen LogP contribution in [0.15, 0.2) is 18.2 Å². The highest BCUT2D eigenvalue weighted by Crippen LogP contribution is 2.23. The molecule has 0 heterocycles. The molecule has 0 bridgehead atoms. The molecule has 1 amide bonds. The van der Waals surface area contributed by atoms with Crippen LogP contribution in [0.25, 0.3) is 0 Å². The molecule has 26 heavy (non-hydrogen) atoms. The Bertz CT molecular complexity index is 710. The maximum absolute atomic E-state index is 12.2. The zero-order valence-electron chi connectivity index (χ0n) is 16.3. The van der Waals surface area contributed by atoms with E-state index in [1.807, 2.05) is 32.0 Å². The number of carbonyl (C=O) groups excluding carboxylic acids is 1. The number of amides is 1. The zero-order valence-corrected chi connectivity index (χ0v) is 17.1. The smallest absolute Gasteiger partial charge is 0.232 e. The summed E-state index contributed by atoms with van der Waals surface area (Å²) < 4.78 is 25.7. The lowest BCUT2D eigenvalue weighted by molar-refractivity contribution is -0.121. The van der Waals surface area contributed by atoms with E-state index in [1.165, 1.54) is 42.7 Å². The van der Waals surface area contributed by atoms with Crippen molar-refractivity contribution in [2.45, 2.75) is 58.8 Å². The quantitative estimate of drug-likeness (QED) is 0.750. The third-order valence-corrected chi connectivity index (χ3v) is 6.45. The first-order valence-electron chi connectivity index (χ1n) is 9.59. The summed E-state index contributed by atoms with van der Waals surface area (Å²) in [4.78, 5) is 12.1. The first-order chi connectivity index (χ1) is 12.3. The molecule has 1 saturated carbocycles. The third-order valence-electron chi connectivity index (χ3n) is 5.26. The highest BCUT2D eigenvalue weighted by Gasteiger charge is 2.18. The fraction of sp³-hybridized carbons (Fsp3) is 0.650. The molecule has 5 nitrogen and oxygen atoms in total. The molecule has 0 spiro atoms. The van der Waals surface area contributed by atoms with E-state index in [0.717, 1.165) is 17.7 Å². The van der Waals surface area contributed by atoms with Crippen LogP contribution in [-0.2, 0) is 14.8 Å². The molecule has 1 aromatic rings. The Labute approximate surface area is 158 Å². The van der Waals surface area contributed by atoms with Crippen LogP contribution < -0.4 is 9.62 Å². The van der Waals surface area contributed by atoms with Gasteiger partial charge in [0.1, 0.15) is 0 Å². The van der Waals surface area contributed by atoms with Crippen molar-refractivity contribution in [3.63, 3.8) is 0 Å².